The largest absolute Gasteiger partial charge is 0.317 e. The van der Waals surface area contributed by atoms with Crippen LogP contribution in [0.25, 0.3) is 0 Å². The van der Waals surface area contributed by atoms with Gasteiger partial charge >= 0.3 is 0 Å². The fourth-order valence-corrected chi connectivity index (χ4v) is 4.09. The second-order valence-corrected chi connectivity index (χ2v) is 8.04. The predicted octanol–water partition coefficient (Wildman–Crippen LogP) is 3.40. The molecule has 134 valence electrons. The van der Waals surface area contributed by atoms with Crippen LogP contribution in [-0.2, 0) is 11.2 Å². The molecule has 0 aliphatic carbocycles. The van der Waals surface area contributed by atoms with Crippen molar-refractivity contribution in [3.63, 3.8) is 0 Å². The summed E-state index contributed by atoms with van der Waals surface area (Å²) in [7, 11) is 0. The number of anilines is 1. The fraction of sp³-hybridized carbons (Fsp3) is 0.526. The number of rotatable bonds is 6. The number of amides is 1. The van der Waals surface area contributed by atoms with Gasteiger partial charge in [0, 0.05) is 12.8 Å². The van der Waals surface area contributed by atoms with Crippen LogP contribution < -0.4 is 10.6 Å². The zero-order chi connectivity index (χ0) is 17.6. The van der Waals surface area contributed by atoms with Gasteiger partial charge in [0.25, 0.3) is 0 Å². The first-order chi connectivity index (χ1) is 12.1. The lowest BCUT2D eigenvalue weighted by Gasteiger charge is -2.27. The molecule has 1 aliphatic rings. The van der Waals surface area contributed by atoms with E-state index in [0.29, 0.717) is 23.4 Å². The Morgan fingerprint density at radius 2 is 2.00 bits per heavy atom. The number of carbonyl (C=O) groups is 1. The van der Waals surface area contributed by atoms with Crippen LogP contribution in [0.3, 0.4) is 0 Å². The van der Waals surface area contributed by atoms with Gasteiger partial charge in [-0.3, -0.25) is 4.79 Å². The summed E-state index contributed by atoms with van der Waals surface area (Å²) in [6.45, 7) is 6.39. The van der Waals surface area contributed by atoms with E-state index in [1.807, 2.05) is 0 Å². The Hall–Kier alpha value is -1.79. The van der Waals surface area contributed by atoms with E-state index in [2.05, 4.69) is 58.9 Å². The van der Waals surface area contributed by atoms with Gasteiger partial charge in [0.1, 0.15) is 5.01 Å². The smallest absolute Gasteiger partial charge is 0.226 e. The van der Waals surface area contributed by atoms with E-state index in [0.717, 1.165) is 37.4 Å². The highest BCUT2D eigenvalue weighted by Gasteiger charge is 2.22. The van der Waals surface area contributed by atoms with Crippen LogP contribution in [0.5, 0.6) is 0 Å². The van der Waals surface area contributed by atoms with E-state index in [9.17, 15) is 4.79 Å². The van der Waals surface area contributed by atoms with Crippen molar-refractivity contribution in [3.8, 4) is 0 Å². The van der Waals surface area contributed by atoms with Gasteiger partial charge in [0.15, 0.2) is 0 Å². The Labute approximate surface area is 153 Å². The van der Waals surface area contributed by atoms with Gasteiger partial charge < -0.3 is 10.6 Å². The van der Waals surface area contributed by atoms with Crippen molar-refractivity contribution in [2.75, 3.05) is 18.4 Å². The first-order valence-electron chi connectivity index (χ1n) is 8.98. The van der Waals surface area contributed by atoms with Crippen molar-refractivity contribution in [1.29, 1.82) is 0 Å². The molecule has 0 bridgehead atoms. The summed E-state index contributed by atoms with van der Waals surface area (Å²) in [5, 5.41) is 16.1. The van der Waals surface area contributed by atoms with Gasteiger partial charge in [0.05, 0.1) is 0 Å². The highest BCUT2D eigenvalue weighted by molar-refractivity contribution is 7.15. The molecule has 1 atom stereocenters. The lowest BCUT2D eigenvalue weighted by molar-refractivity contribution is -0.117. The molecular weight excluding hydrogens is 332 g/mol. The van der Waals surface area contributed by atoms with E-state index in [1.54, 1.807) is 0 Å². The Balaban J connectivity index is 1.50. The highest BCUT2D eigenvalue weighted by atomic mass is 32.1. The number of hydrogen-bond donors (Lipinski definition) is 2. The van der Waals surface area contributed by atoms with Gasteiger partial charge in [-0.05, 0) is 50.3 Å². The summed E-state index contributed by atoms with van der Waals surface area (Å²) in [6, 6.07) is 8.41. The minimum absolute atomic E-state index is 0.0454. The molecule has 25 heavy (non-hydrogen) atoms. The van der Waals surface area contributed by atoms with Gasteiger partial charge in [-0.25, -0.2) is 0 Å². The fourth-order valence-electron chi connectivity index (χ4n) is 3.30. The first-order valence-corrected chi connectivity index (χ1v) is 9.80. The second kappa shape index (κ2) is 8.54. The molecule has 1 amide bonds. The van der Waals surface area contributed by atoms with Gasteiger partial charge in [-0.15, -0.1) is 10.2 Å². The summed E-state index contributed by atoms with van der Waals surface area (Å²) in [6.07, 6.45) is 3.62. The topological polar surface area (TPSA) is 66.9 Å². The normalized spacial score (nSPS) is 16.6. The molecule has 1 aromatic carbocycles. The van der Waals surface area contributed by atoms with Gasteiger partial charge in [-0.2, -0.15) is 0 Å². The number of aryl methyl sites for hydroxylation is 1. The van der Waals surface area contributed by atoms with Crippen molar-refractivity contribution in [3.05, 3.63) is 40.4 Å². The molecule has 3 rings (SSSR count). The SMILES string of the molecule is Cc1ccc(Cc2nnc(NC(=O)CC(C)C3CCNCC3)s2)cc1. The summed E-state index contributed by atoms with van der Waals surface area (Å²) in [4.78, 5) is 12.3. The zero-order valence-electron chi connectivity index (χ0n) is 14.9. The summed E-state index contributed by atoms with van der Waals surface area (Å²) in [5.41, 5.74) is 2.45. The molecule has 2 aromatic rings. The summed E-state index contributed by atoms with van der Waals surface area (Å²) >= 11 is 1.46. The van der Waals surface area contributed by atoms with Crippen LogP contribution in [0.1, 0.15) is 42.3 Å². The predicted molar refractivity (Wildman–Crippen MR) is 102 cm³/mol. The Kier molecular flexibility index (Phi) is 6.15. The molecule has 6 heteroatoms. The number of piperidine rings is 1. The molecule has 1 aliphatic heterocycles. The molecule has 0 spiro atoms. The molecule has 1 unspecified atom stereocenters. The molecule has 2 N–H and O–H groups in total. The van der Waals surface area contributed by atoms with Crippen LogP contribution >= 0.6 is 11.3 Å². The van der Waals surface area contributed by atoms with E-state index in [4.69, 9.17) is 0 Å². The minimum atomic E-state index is 0.0454. The number of aromatic nitrogens is 2. The molecule has 1 fully saturated rings. The number of carbonyl (C=O) groups excluding carboxylic acids is 1. The summed E-state index contributed by atoms with van der Waals surface area (Å²) < 4.78 is 0. The third-order valence-corrected chi connectivity index (χ3v) is 5.72. The van der Waals surface area contributed by atoms with Crippen molar-refractivity contribution >= 4 is 22.4 Å². The Morgan fingerprint density at radius 1 is 1.28 bits per heavy atom. The molecule has 1 saturated heterocycles. The van der Waals surface area contributed by atoms with Crippen LogP contribution in [0.15, 0.2) is 24.3 Å². The van der Waals surface area contributed by atoms with Crippen molar-refractivity contribution < 1.29 is 4.79 Å². The maximum atomic E-state index is 12.3. The van der Waals surface area contributed by atoms with E-state index < -0.39 is 0 Å². The highest BCUT2D eigenvalue weighted by Crippen LogP contribution is 2.25. The van der Waals surface area contributed by atoms with E-state index in [1.165, 1.54) is 22.5 Å². The average Bonchev–Trinajstić information content (AvgIpc) is 3.04. The van der Waals surface area contributed by atoms with Crippen molar-refractivity contribution in [1.82, 2.24) is 15.5 Å². The standard InChI is InChI=1S/C19H26N4OS/c1-13-3-5-15(6-4-13)12-18-22-23-19(25-18)21-17(24)11-14(2)16-7-9-20-10-8-16/h3-6,14,16,20H,7-12H2,1-2H3,(H,21,23,24). The van der Waals surface area contributed by atoms with Crippen LogP contribution in [0.4, 0.5) is 5.13 Å². The minimum Gasteiger partial charge on any atom is -0.317 e. The quantitative estimate of drug-likeness (QED) is 0.830. The van der Waals surface area contributed by atoms with Crippen LogP contribution in [0.2, 0.25) is 0 Å². The Bertz CT molecular complexity index is 692. The molecule has 0 radical (unpaired) electrons. The Morgan fingerprint density at radius 3 is 2.72 bits per heavy atom. The molecule has 2 heterocycles. The molecule has 5 nitrogen and oxygen atoms in total. The first kappa shape index (κ1) is 18.0. The third kappa shape index (κ3) is 5.34. The van der Waals surface area contributed by atoms with Crippen LogP contribution in [0, 0.1) is 18.8 Å². The van der Waals surface area contributed by atoms with Crippen molar-refractivity contribution in [2.24, 2.45) is 11.8 Å². The molecular formula is C19H26N4OS. The second-order valence-electron chi connectivity index (χ2n) is 6.98. The van der Waals surface area contributed by atoms with Crippen molar-refractivity contribution in [2.45, 2.75) is 39.5 Å². The molecule has 1 aromatic heterocycles. The van der Waals surface area contributed by atoms with E-state index >= 15 is 0 Å². The number of hydrogen-bond acceptors (Lipinski definition) is 5. The number of nitrogens with one attached hydrogen (secondary N) is 2. The number of benzene rings is 1. The van der Waals surface area contributed by atoms with Crippen LogP contribution in [-0.4, -0.2) is 29.2 Å². The number of nitrogens with zero attached hydrogens (tertiary/aromatic N) is 2. The lowest BCUT2D eigenvalue weighted by atomic mass is 9.84. The van der Waals surface area contributed by atoms with Gasteiger partial charge in [-0.1, -0.05) is 48.1 Å². The van der Waals surface area contributed by atoms with E-state index in [-0.39, 0.29) is 5.91 Å². The third-order valence-electron chi connectivity index (χ3n) is 4.89. The summed E-state index contributed by atoms with van der Waals surface area (Å²) in [5.74, 6) is 1.09. The van der Waals surface area contributed by atoms with Gasteiger partial charge in [0.2, 0.25) is 11.0 Å². The monoisotopic (exact) mass is 358 g/mol. The lowest BCUT2D eigenvalue weighted by Crippen LogP contribution is -2.32. The maximum Gasteiger partial charge on any atom is 0.226 e. The zero-order valence-corrected chi connectivity index (χ0v) is 15.7. The molecule has 0 saturated carbocycles. The average molecular weight is 359 g/mol. The maximum absolute atomic E-state index is 12.3.